The van der Waals surface area contributed by atoms with Gasteiger partial charge in [0.05, 0.1) is 11.1 Å². The van der Waals surface area contributed by atoms with Crippen molar-refractivity contribution in [1.82, 2.24) is 24.4 Å². The Hall–Kier alpha value is -2.68. The minimum atomic E-state index is -0.137. The van der Waals surface area contributed by atoms with Gasteiger partial charge in [0.2, 0.25) is 10.8 Å². The number of fused-ring (bicyclic) bond motifs is 1. The van der Waals surface area contributed by atoms with Crippen molar-refractivity contribution >= 4 is 16.3 Å². The van der Waals surface area contributed by atoms with Crippen molar-refractivity contribution in [3.05, 3.63) is 71.3 Å². The lowest BCUT2D eigenvalue weighted by molar-refractivity contribution is 0.0970. The third-order valence-corrected chi connectivity index (χ3v) is 6.31. The molecule has 4 aromatic rings. The zero-order chi connectivity index (χ0) is 18.9. The largest absolute Gasteiger partial charge is 0.492 e. The van der Waals surface area contributed by atoms with Crippen LogP contribution in [0.1, 0.15) is 22.2 Å². The highest BCUT2D eigenvalue weighted by Gasteiger charge is 2.33. The molecule has 7 nitrogen and oxygen atoms in total. The molecule has 144 valence electrons. The molecule has 1 aromatic carbocycles. The average molecular weight is 395 g/mol. The zero-order valence-corrected chi connectivity index (χ0v) is 16.1. The van der Waals surface area contributed by atoms with E-state index in [4.69, 9.17) is 4.42 Å². The molecule has 0 aliphatic carbocycles. The maximum absolute atomic E-state index is 10.7. The molecule has 8 heteroatoms. The molecule has 0 amide bonds. The van der Waals surface area contributed by atoms with Gasteiger partial charge >= 0.3 is 0 Å². The Bertz CT molecular complexity index is 1040. The van der Waals surface area contributed by atoms with Crippen LogP contribution in [0, 0.1) is 0 Å². The van der Waals surface area contributed by atoms with E-state index in [1.807, 2.05) is 12.1 Å². The lowest BCUT2D eigenvalue weighted by atomic mass is 10.1. The van der Waals surface area contributed by atoms with Crippen molar-refractivity contribution in [1.29, 1.82) is 0 Å². The highest BCUT2D eigenvalue weighted by molar-refractivity contribution is 7.17. The van der Waals surface area contributed by atoms with Gasteiger partial charge in [-0.1, -0.05) is 41.7 Å². The molecule has 1 aliphatic heterocycles. The molecule has 0 bridgehead atoms. The summed E-state index contributed by atoms with van der Waals surface area (Å²) >= 11 is 1.46. The summed E-state index contributed by atoms with van der Waals surface area (Å²) in [6.45, 7) is 4.68. The number of hydrogen-bond donors (Lipinski definition) is 1. The van der Waals surface area contributed by atoms with E-state index < -0.39 is 0 Å². The van der Waals surface area contributed by atoms with Gasteiger partial charge in [-0.15, -0.1) is 0 Å². The normalized spacial score (nSPS) is 17.3. The summed E-state index contributed by atoms with van der Waals surface area (Å²) < 4.78 is 7.23. The van der Waals surface area contributed by atoms with E-state index in [0.717, 1.165) is 43.4 Å². The highest BCUT2D eigenvalue weighted by atomic mass is 32.1. The fourth-order valence-corrected chi connectivity index (χ4v) is 4.89. The number of nitrogens with zero attached hydrogens (tertiary/aromatic N) is 5. The molecule has 4 heterocycles. The van der Waals surface area contributed by atoms with E-state index in [9.17, 15) is 5.11 Å². The Morgan fingerprint density at radius 2 is 1.89 bits per heavy atom. The predicted molar refractivity (Wildman–Crippen MR) is 106 cm³/mol. The van der Waals surface area contributed by atoms with Gasteiger partial charge in [0.15, 0.2) is 0 Å². The molecule has 1 fully saturated rings. The Morgan fingerprint density at radius 3 is 2.61 bits per heavy atom. The van der Waals surface area contributed by atoms with Gasteiger partial charge in [0, 0.05) is 32.7 Å². The van der Waals surface area contributed by atoms with Crippen LogP contribution in [-0.4, -0.2) is 55.7 Å². The number of rotatable bonds is 5. The average Bonchev–Trinajstić information content (AvgIpc) is 3.46. The topological polar surface area (TPSA) is 70.0 Å². The summed E-state index contributed by atoms with van der Waals surface area (Å²) in [5, 5.41) is 14.8. The number of thiazole rings is 1. The van der Waals surface area contributed by atoms with Gasteiger partial charge in [0.25, 0.3) is 0 Å². The monoisotopic (exact) mass is 395 g/mol. The first-order valence-corrected chi connectivity index (χ1v) is 10.2. The molecule has 0 unspecified atom stereocenters. The maximum Gasteiger partial charge on any atom is 0.230 e. The van der Waals surface area contributed by atoms with Crippen LogP contribution in [0.5, 0.6) is 5.88 Å². The van der Waals surface area contributed by atoms with Crippen molar-refractivity contribution in [2.45, 2.75) is 12.6 Å². The number of piperazine rings is 1. The number of furan rings is 1. The second-order valence-electron chi connectivity index (χ2n) is 6.96. The van der Waals surface area contributed by atoms with Crippen LogP contribution in [0.15, 0.2) is 59.5 Å². The van der Waals surface area contributed by atoms with Crippen molar-refractivity contribution in [3.8, 4) is 5.88 Å². The van der Waals surface area contributed by atoms with E-state index >= 15 is 0 Å². The third-order valence-electron chi connectivity index (χ3n) is 5.22. The first-order valence-electron chi connectivity index (χ1n) is 9.35. The zero-order valence-electron chi connectivity index (χ0n) is 15.3. The first kappa shape index (κ1) is 17.4. The van der Waals surface area contributed by atoms with Crippen LogP contribution in [0.3, 0.4) is 0 Å². The molecule has 0 spiro atoms. The summed E-state index contributed by atoms with van der Waals surface area (Å²) in [6.07, 6.45) is 3.14. The molecule has 1 N–H and O–H groups in total. The first-order chi connectivity index (χ1) is 13.8. The van der Waals surface area contributed by atoms with Crippen LogP contribution in [-0.2, 0) is 6.54 Å². The molecule has 1 saturated heterocycles. The standard InChI is InChI=1S/C20H21N5O2S/c26-19-18(28-20-21-14-22-25(19)20)17(16-7-4-12-27-16)24-10-8-23(9-11-24)13-15-5-2-1-3-6-15/h1-7,12,14,17,26H,8-11,13H2/t17-/m0/s1. The fourth-order valence-electron chi connectivity index (χ4n) is 3.82. The quantitative estimate of drug-likeness (QED) is 0.560. The molecule has 0 radical (unpaired) electrons. The summed E-state index contributed by atoms with van der Waals surface area (Å²) in [5.41, 5.74) is 1.33. The van der Waals surface area contributed by atoms with Gasteiger partial charge in [-0.05, 0) is 17.7 Å². The van der Waals surface area contributed by atoms with Gasteiger partial charge in [-0.3, -0.25) is 9.80 Å². The van der Waals surface area contributed by atoms with E-state index in [2.05, 4.69) is 50.2 Å². The molecule has 5 rings (SSSR count). The third kappa shape index (κ3) is 3.19. The van der Waals surface area contributed by atoms with Crippen LogP contribution in [0.25, 0.3) is 4.96 Å². The van der Waals surface area contributed by atoms with Crippen LogP contribution < -0.4 is 0 Å². The van der Waals surface area contributed by atoms with Crippen molar-refractivity contribution < 1.29 is 9.52 Å². The molecule has 3 aromatic heterocycles. The van der Waals surface area contributed by atoms with Crippen molar-refractivity contribution in [2.75, 3.05) is 26.2 Å². The number of aromatic hydroxyl groups is 1. The van der Waals surface area contributed by atoms with Crippen LogP contribution in [0.2, 0.25) is 0 Å². The van der Waals surface area contributed by atoms with Crippen LogP contribution in [0.4, 0.5) is 0 Å². The van der Waals surface area contributed by atoms with E-state index in [0.29, 0.717) is 4.96 Å². The summed E-state index contributed by atoms with van der Waals surface area (Å²) in [5.74, 6) is 0.974. The molecule has 1 aliphatic rings. The number of aromatic nitrogens is 3. The minimum absolute atomic E-state index is 0.137. The second-order valence-corrected chi connectivity index (χ2v) is 7.97. The number of hydrogen-bond acceptors (Lipinski definition) is 7. The lowest BCUT2D eigenvalue weighted by Gasteiger charge is -2.38. The predicted octanol–water partition coefficient (Wildman–Crippen LogP) is 3.00. The minimum Gasteiger partial charge on any atom is -0.492 e. The van der Waals surface area contributed by atoms with E-state index in [1.54, 1.807) is 6.26 Å². The van der Waals surface area contributed by atoms with E-state index in [1.165, 1.54) is 27.7 Å². The Balaban J connectivity index is 1.37. The smallest absolute Gasteiger partial charge is 0.230 e. The van der Waals surface area contributed by atoms with Crippen LogP contribution >= 0.6 is 11.3 Å². The summed E-state index contributed by atoms with van der Waals surface area (Å²) in [4.78, 5) is 10.6. The molecular formula is C20H21N5O2S. The van der Waals surface area contributed by atoms with Gasteiger partial charge in [-0.25, -0.2) is 4.98 Å². The number of benzene rings is 1. The summed E-state index contributed by atoms with van der Waals surface area (Å²) in [6, 6.07) is 14.3. The maximum atomic E-state index is 10.7. The highest BCUT2D eigenvalue weighted by Crippen LogP contribution is 2.40. The fraction of sp³-hybridized carbons (Fsp3) is 0.300. The van der Waals surface area contributed by atoms with E-state index in [-0.39, 0.29) is 11.9 Å². The Morgan fingerprint density at radius 1 is 1.07 bits per heavy atom. The molecule has 28 heavy (non-hydrogen) atoms. The molecular weight excluding hydrogens is 374 g/mol. The molecule has 1 atom stereocenters. The van der Waals surface area contributed by atoms with Gasteiger partial charge in [-0.2, -0.15) is 9.61 Å². The lowest BCUT2D eigenvalue weighted by Crippen LogP contribution is -2.47. The van der Waals surface area contributed by atoms with Crippen molar-refractivity contribution in [2.24, 2.45) is 0 Å². The van der Waals surface area contributed by atoms with Gasteiger partial charge < -0.3 is 9.52 Å². The van der Waals surface area contributed by atoms with Crippen molar-refractivity contribution in [3.63, 3.8) is 0 Å². The Kier molecular flexibility index (Phi) is 4.59. The molecule has 0 saturated carbocycles. The summed E-state index contributed by atoms with van der Waals surface area (Å²) in [7, 11) is 0. The second kappa shape index (κ2) is 7.38. The SMILES string of the molecule is Oc1c([C@H](c2ccco2)N2CCN(Cc3ccccc3)CC2)sc2ncnn12. The van der Waals surface area contributed by atoms with Gasteiger partial charge in [0.1, 0.15) is 18.1 Å². The Labute approximate surface area is 166 Å².